The van der Waals surface area contributed by atoms with Gasteiger partial charge in [0.1, 0.15) is 23.2 Å². The first-order chi connectivity index (χ1) is 16.5. The number of nitrogens with two attached hydrogens (primary N) is 1. The molecule has 1 aromatic carbocycles. The molecular weight excluding hydrogens is 494 g/mol. The van der Waals surface area contributed by atoms with E-state index in [1.807, 2.05) is 40.2 Å². The average molecular weight is 518 g/mol. The van der Waals surface area contributed by atoms with Crippen molar-refractivity contribution < 1.29 is 9.53 Å². The van der Waals surface area contributed by atoms with Gasteiger partial charge in [0, 0.05) is 32.1 Å². The molecule has 5 rings (SSSR count). The van der Waals surface area contributed by atoms with E-state index in [1.165, 1.54) is 17.7 Å². The number of hydrazone groups is 1. The second-order valence-electron chi connectivity index (χ2n) is 8.08. The first-order valence-electron chi connectivity index (χ1n) is 10.7. The zero-order valence-electron chi connectivity index (χ0n) is 18.6. The summed E-state index contributed by atoms with van der Waals surface area (Å²) in [6, 6.07) is 9.36. The number of nitrogens with zero attached hydrogens (tertiary/aromatic N) is 6. The molecule has 1 saturated heterocycles. The molecule has 178 valence electrons. The second-order valence-corrected chi connectivity index (χ2v) is 10.7. The first-order valence-corrected chi connectivity index (χ1v) is 12.9. The highest BCUT2D eigenvalue weighted by molar-refractivity contribution is 8.14. The van der Waals surface area contributed by atoms with Gasteiger partial charge in [-0.05, 0) is 29.8 Å². The number of amides is 1. The van der Waals surface area contributed by atoms with Crippen molar-refractivity contribution in [2.75, 3.05) is 45.1 Å². The standard InChI is InChI=1S/C22H24ClN7O2S2/c1-32-10-17-22(31)28(9-14-2-3-15-16(8-14)25-11-26-20(15)24)6-7-29(17)12-30-13-33-21(27-30)18-4-5-19(23)34-18/h2-5,8,11,17H,6-7,9-10,12-13H2,1H3,(H2,24,25,26)/t17-/m0/s1. The number of ether oxygens (including phenoxy) is 1. The number of rotatable bonds is 7. The number of fused-ring (bicyclic) bond motifs is 1. The Balaban J connectivity index is 1.27. The zero-order chi connectivity index (χ0) is 23.7. The average Bonchev–Trinajstić information content (AvgIpc) is 3.47. The van der Waals surface area contributed by atoms with Crippen molar-refractivity contribution in [2.45, 2.75) is 12.6 Å². The Bertz CT molecular complexity index is 1240. The van der Waals surface area contributed by atoms with E-state index in [-0.39, 0.29) is 11.9 Å². The number of halogens is 1. The lowest BCUT2D eigenvalue weighted by Crippen LogP contribution is -2.59. The summed E-state index contributed by atoms with van der Waals surface area (Å²) in [7, 11) is 1.63. The molecule has 3 aromatic rings. The Kier molecular flexibility index (Phi) is 6.89. The topological polar surface area (TPSA) is 100 Å². The van der Waals surface area contributed by atoms with Crippen molar-refractivity contribution in [3.8, 4) is 0 Å². The molecule has 2 aliphatic heterocycles. The number of thioether (sulfide) groups is 1. The SMILES string of the molecule is COC[C@H]1C(=O)N(Cc2ccc3c(N)ncnc3c2)CCN1CN1CSC(c2ccc(Cl)s2)=N1. The number of carbonyl (C=O) groups excluding carboxylic acids is 1. The van der Waals surface area contributed by atoms with Gasteiger partial charge in [0.15, 0.2) is 0 Å². The number of aromatic nitrogens is 2. The monoisotopic (exact) mass is 517 g/mol. The molecule has 1 fully saturated rings. The number of benzene rings is 1. The third kappa shape index (κ3) is 4.84. The van der Waals surface area contributed by atoms with E-state index in [0.717, 1.165) is 43.1 Å². The van der Waals surface area contributed by atoms with Crippen LogP contribution in [0.25, 0.3) is 10.9 Å². The van der Waals surface area contributed by atoms with Gasteiger partial charge in [-0.2, -0.15) is 5.10 Å². The lowest BCUT2D eigenvalue weighted by Gasteiger charge is -2.41. The normalized spacial score (nSPS) is 19.3. The minimum absolute atomic E-state index is 0.0523. The Morgan fingerprint density at radius 1 is 1.24 bits per heavy atom. The van der Waals surface area contributed by atoms with Crippen LogP contribution in [-0.2, 0) is 16.1 Å². The Morgan fingerprint density at radius 2 is 2.12 bits per heavy atom. The number of methoxy groups -OCH3 is 1. The molecule has 0 radical (unpaired) electrons. The largest absolute Gasteiger partial charge is 0.383 e. The van der Waals surface area contributed by atoms with Crippen LogP contribution in [0.1, 0.15) is 10.4 Å². The summed E-state index contributed by atoms with van der Waals surface area (Å²) in [4.78, 5) is 26.8. The van der Waals surface area contributed by atoms with Crippen LogP contribution in [0.5, 0.6) is 0 Å². The third-order valence-electron chi connectivity index (χ3n) is 5.84. The fraction of sp³-hybridized carbons (Fsp3) is 0.364. The van der Waals surface area contributed by atoms with Crippen molar-refractivity contribution >= 4 is 62.4 Å². The molecule has 2 aromatic heterocycles. The van der Waals surface area contributed by atoms with Crippen LogP contribution in [0.4, 0.5) is 5.82 Å². The third-order valence-corrected chi connectivity index (χ3v) is 8.20. The van der Waals surface area contributed by atoms with Crippen LogP contribution in [0.2, 0.25) is 4.34 Å². The fourth-order valence-corrected chi connectivity index (χ4v) is 6.16. The van der Waals surface area contributed by atoms with Crippen molar-refractivity contribution in [1.29, 1.82) is 0 Å². The smallest absolute Gasteiger partial charge is 0.242 e. The van der Waals surface area contributed by atoms with Crippen LogP contribution in [-0.4, -0.2) is 81.1 Å². The maximum absolute atomic E-state index is 13.4. The number of nitrogen functional groups attached to an aromatic ring is 1. The highest BCUT2D eigenvalue weighted by atomic mass is 35.5. The number of hydrogen-bond donors (Lipinski definition) is 1. The highest BCUT2D eigenvalue weighted by Crippen LogP contribution is 2.30. The molecule has 4 heterocycles. The molecule has 12 heteroatoms. The summed E-state index contributed by atoms with van der Waals surface area (Å²) < 4.78 is 6.17. The van der Waals surface area contributed by atoms with E-state index in [2.05, 4.69) is 14.9 Å². The summed E-state index contributed by atoms with van der Waals surface area (Å²) in [6.07, 6.45) is 1.46. The van der Waals surface area contributed by atoms with Gasteiger partial charge in [0.05, 0.1) is 33.9 Å². The first kappa shape index (κ1) is 23.3. The lowest BCUT2D eigenvalue weighted by atomic mass is 10.1. The van der Waals surface area contributed by atoms with Gasteiger partial charge in [-0.1, -0.05) is 29.4 Å². The summed E-state index contributed by atoms with van der Waals surface area (Å²) in [5.74, 6) is 1.24. The van der Waals surface area contributed by atoms with E-state index in [0.29, 0.717) is 32.2 Å². The van der Waals surface area contributed by atoms with E-state index in [1.54, 1.807) is 18.9 Å². The lowest BCUT2D eigenvalue weighted by molar-refractivity contribution is -0.146. The molecule has 1 amide bonds. The zero-order valence-corrected chi connectivity index (χ0v) is 20.9. The van der Waals surface area contributed by atoms with Crippen molar-refractivity contribution in [3.63, 3.8) is 0 Å². The predicted octanol–water partition coefficient (Wildman–Crippen LogP) is 2.91. The quantitative estimate of drug-likeness (QED) is 0.510. The summed E-state index contributed by atoms with van der Waals surface area (Å²) >= 11 is 9.28. The highest BCUT2D eigenvalue weighted by Gasteiger charge is 2.36. The number of piperazine rings is 1. The van der Waals surface area contributed by atoms with Crippen molar-refractivity contribution in [1.82, 2.24) is 24.8 Å². The molecule has 2 N–H and O–H groups in total. The fourth-order valence-electron chi connectivity index (χ4n) is 4.14. The van der Waals surface area contributed by atoms with Crippen LogP contribution in [0, 0.1) is 0 Å². The van der Waals surface area contributed by atoms with Crippen LogP contribution in [0.15, 0.2) is 41.8 Å². The van der Waals surface area contributed by atoms with E-state index in [9.17, 15) is 4.79 Å². The van der Waals surface area contributed by atoms with Gasteiger partial charge >= 0.3 is 0 Å². The number of hydrogen-bond acceptors (Lipinski definition) is 10. The summed E-state index contributed by atoms with van der Waals surface area (Å²) in [5, 5.41) is 8.51. The predicted molar refractivity (Wildman–Crippen MR) is 137 cm³/mol. The van der Waals surface area contributed by atoms with Crippen LogP contribution >= 0.6 is 34.7 Å². The number of anilines is 1. The Labute approximate surface area is 210 Å². The molecule has 1 atom stereocenters. The van der Waals surface area contributed by atoms with Crippen LogP contribution < -0.4 is 5.73 Å². The van der Waals surface area contributed by atoms with E-state index >= 15 is 0 Å². The van der Waals surface area contributed by atoms with Gasteiger partial charge in [-0.25, -0.2) is 9.97 Å². The maximum Gasteiger partial charge on any atom is 0.242 e. The summed E-state index contributed by atoms with van der Waals surface area (Å²) in [5.41, 5.74) is 7.71. The minimum atomic E-state index is -0.363. The number of thiophene rings is 1. The van der Waals surface area contributed by atoms with Gasteiger partial charge in [-0.15, -0.1) is 11.3 Å². The van der Waals surface area contributed by atoms with E-state index < -0.39 is 0 Å². The van der Waals surface area contributed by atoms with Crippen molar-refractivity contribution in [3.05, 3.63) is 51.4 Å². The van der Waals surface area contributed by atoms with E-state index in [4.69, 9.17) is 27.2 Å². The maximum atomic E-state index is 13.4. The van der Waals surface area contributed by atoms with Crippen molar-refractivity contribution in [2.24, 2.45) is 5.10 Å². The second kappa shape index (κ2) is 10.0. The van der Waals surface area contributed by atoms with Gasteiger partial charge < -0.3 is 15.4 Å². The molecule has 0 saturated carbocycles. The molecule has 0 unspecified atom stereocenters. The molecule has 0 spiro atoms. The van der Waals surface area contributed by atoms with Gasteiger partial charge in [0.25, 0.3) is 0 Å². The minimum Gasteiger partial charge on any atom is -0.383 e. The Hall–Kier alpha value is -2.44. The molecule has 0 aliphatic carbocycles. The van der Waals surface area contributed by atoms with Crippen LogP contribution in [0.3, 0.4) is 0 Å². The molecular formula is C22H24ClN7O2S2. The van der Waals surface area contributed by atoms with Gasteiger partial charge in [-0.3, -0.25) is 14.7 Å². The molecule has 34 heavy (non-hydrogen) atoms. The Morgan fingerprint density at radius 3 is 2.91 bits per heavy atom. The van der Waals surface area contributed by atoms with Gasteiger partial charge in [0.2, 0.25) is 5.91 Å². The molecule has 0 bridgehead atoms. The molecule has 9 nitrogen and oxygen atoms in total. The summed E-state index contributed by atoms with van der Waals surface area (Å²) in [6.45, 7) is 2.76. The molecule has 2 aliphatic rings. The number of carbonyl (C=O) groups is 1.